The van der Waals surface area contributed by atoms with Crippen LogP contribution >= 0.6 is 0 Å². The van der Waals surface area contributed by atoms with Gasteiger partial charge in [0.2, 0.25) is 0 Å². The third kappa shape index (κ3) is 11.7. The molecule has 1 aromatic heterocycles. The first kappa shape index (κ1) is 54.0. The van der Waals surface area contributed by atoms with Crippen LogP contribution in [0.25, 0.3) is 5.69 Å². The lowest BCUT2D eigenvalue weighted by Gasteiger charge is -2.50. The van der Waals surface area contributed by atoms with Gasteiger partial charge in [-0.3, -0.25) is 9.59 Å². The van der Waals surface area contributed by atoms with E-state index in [4.69, 9.17) is 33.2 Å². The van der Waals surface area contributed by atoms with Gasteiger partial charge >= 0.3 is 5.97 Å². The molecule has 0 unspecified atom stereocenters. The standard InChI is InChI=1S/C49H80N4O13/c1-15-33-18-17-19-35(23-33)53-26-34(50-51-53)20-21-52(12)36-22-28(4)62-46(40(36)55)66-44-30(6)41(65-38-25-47(9,60-13)43(57)32(8)63-38)31(7)45(58)64-37(16-2)49(11,59)42(56)29(5)39(54)27(3)24-48(44,10)61-14/h17-19,23,26-32,36-38,40-44,46,55-57,59H,15-16,20-22,24-25H2,1-14H3/t27-,28-,29+,30+,31-,32+,36+,37-,38+,40-,41+,42-,43+,44-,46+,47-,48-,49-/m1/s1. The average Bonchev–Trinajstić information content (AvgIpc) is 3.78. The third-order valence-electron chi connectivity index (χ3n) is 15.0. The predicted molar refractivity (Wildman–Crippen MR) is 244 cm³/mol. The number of ketones is 1. The maximum Gasteiger partial charge on any atom is 0.311 e. The maximum absolute atomic E-state index is 14.4. The second-order valence-electron chi connectivity index (χ2n) is 20.1. The Morgan fingerprint density at radius 1 is 0.909 bits per heavy atom. The Kier molecular flexibility index (Phi) is 18.2. The van der Waals surface area contributed by atoms with Crippen molar-refractivity contribution >= 4 is 11.8 Å². The summed E-state index contributed by atoms with van der Waals surface area (Å²) in [5.74, 6) is -4.66. The Morgan fingerprint density at radius 3 is 2.23 bits per heavy atom. The summed E-state index contributed by atoms with van der Waals surface area (Å²) in [5.41, 5.74) is -1.43. The topological polar surface area (TPSA) is 214 Å². The molecule has 3 saturated heterocycles. The number of aliphatic hydroxyl groups is 4. The molecule has 17 nitrogen and oxygen atoms in total. The number of esters is 1. The minimum absolute atomic E-state index is 0.0787. The van der Waals surface area contributed by atoms with Crippen LogP contribution in [-0.4, -0.2) is 164 Å². The molecule has 0 radical (unpaired) electrons. The molecule has 66 heavy (non-hydrogen) atoms. The molecule has 0 aliphatic carbocycles. The predicted octanol–water partition coefficient (Wildman–Crippen LogP) is 4.20. The molecule has 1 aromatic carbocycles. The number of Topliss-reactive ketones (excluding diaryl/α,β-unsaturated/α-hetero) is 1. The van der Waals surface area contributed by atoms with Crippen molar-refractivity contribution in [2.24, 2.45) is 23.7 Å². The first-order chi connectivity index (χ1) is 30.9. The summed E-state index contributed by atoms with van der Waals surface area (Å²) in [6, 6.07) is 7.76. The van der Waals surface area contributed by atoms with Crippen molar-refractivity contribution in [3.8, 4) is 5.69 Å². The Hall–Kier alpha value is -2.94. The summed E-state index contributed by atoms with van der Waals surface area (Å²) < 4.78 is 46.5. The van der Waals surface area contributed by atoms with Crippen LogP contribution in [0.2, 0.25) is 0 Å². The van der Waals surface area contributed by atoms with E-state index >= 15 is 0 Å². The monoisotopic (exact) mass is 933 g/mol. The molecular weight excluding hydrogens is 853 g/mol. The highest BCUT2D eigenvalue weighted by molar-refractivity contribution is 5.83. The minimum Gasteiger partial charge on any atom is -0.459 e. The van der Waals surface area contributed by atoms with Crippen molar-refractivity contribution in [3.63, 3.8) is 0 Å². The van der Waals surface area contributed by atoms with Gasteiger partial charge in [-0.05, 0) is 92.0 Å². The van der Waals surface area contributed by atoms with Crippen LogP contribution in [0.3, 0.4) is 0 Å². The summed E-state index contributed by atoms with van der Waals surface area (Å²) in [6.45, 7) is 19.7. The van der Waals surface area contributed by atoms with Gasteiger partial charge < -0.3 is 58.5 Å². The summed E-state index contributed by atoms with van der Waals surface area (Å²) in [6.07, 6.45) is -6.00. The molecular formula is C49H80N4O13. The molecule has 374 valence electrons. The smallest absolute Gasteiger partial charge is 0.311 e. The number of hydrogen-bond donors (Lipinski definition) is 4. The molecule has 4 N–H and O–H groups in total. The van der Waals surface area contributed by atoms with Gasteiger partial charge in [0.1, 0.15) is 29.7 Å². The molecule has 17 heteroatoms. The van der Waals surface area contributed by atoms with E-state index < -0.39 is 108 Å². The van der Waals surface area contributed by atoms with E-state index in [1.165, 1.54) is 26.7 Å². The SMILES string of the molecule is CCc1cccc(-n2cc(CCN(C)[C@H]3C[C@@H](C)O[C@@H](O[C@@H]4[C@@H](C)[C@H](O[C@H]5C[C@@](C)(OC)[C@@H](O)[C@H](C)O5)[C@@H](C)C(=O)O[C@H](CC)[C@@](C)(O)[C@H](O)[C@@H](C)C(=O)[C@H](C)C[C@@]4(C)OC)[C@@H]3O)nn2)c1. The van der Waals surface area contributed by atoms with Gasteiger partial charge in [-0.25, -0.2) is 4.68 Å². The Balaban J connectivity index is 1.50. The first-order valence-electron chi connectivity index (χ1n) is 23.9. The Labute approximate surface area is 391 Å². The molecule has 0 saturated carbocycles. The van der Waals surface area contributed by atoms with E-state index in [9.17, 15) is 30.0 Å². The largest absolute Gasteiger partial charge is 0.459 e. The van der Waals surface area contributed by atoms with Crippen LogP contribution in [0.5, 0.6) is 0 Å². The van der Waals surface area contributed by atoms with Crippen LogP contribution in [0, 0.1) is 23.7 Å². The number of carbonyl (C=O) groups is 2. The number of likely N-dealkylation sites (N-methyl/N-ethyl adjacent to an activating group) is 1. The number of carbonyl (C=O) groups excluding carboxylic acids is 2. The van der Waals surface area contributed by atoms with Crippen LogP contribution in [0.4, 0.5) is 0 Å². The van der Waals surface area contributed by atoms with Crippen LogP contribution in [0.15, 0.2) is 30.5 Å². The number of benzene rings is 1. The minimum atomic E-state index is -1.99. The number of aliphatic hydroxyl groups excluding tert-OH is 3. The number of aromatic nitrogens is 3. The lowest BCUT2D eigenvalue weighted by Crippen LogP contribution is -2.61. The number of ether oxygens (including phenoxy) is 7. The second-order valence-corrected chi connectivity index (χ2v) is 20.1. The molecule has 2 aromatic rings. The van der Waals surface area contributed by atoms with Gasteiger partial charge in [0.25, 0.3) is 0 Å². The van der Waals surface area contributed by atoms with Crippen LogP contribution in [-0.2, 0) is 55.6 Å². The maximum atomic E-state index is 14.4. The molecule has 4 heterocycles. The van der Waals surface area contributed by atoms with Gasteiger partial charge in [0.05, 0.1) is 65.2 Å². The van der Waals surface area contributed by atoms with E-state index in [-0.39, 0.29) is 31.1 Å². The first-order valence-corrected chi connectivity index (χ1v) is 23.9. The van der Waals surface area contributed by atoms with Crippen molar-refractivity contribution in [3.05, 3.63) is 41.7 Å². The Morgan fingerprint density at radius 2 is 1.59 bits per heavy atom. The fraction of sp³-hybridized carbons (Fsp3) is 0.796. The summed E-state index contributed by atoms with van der Waals surface area (Å²) in [4.78, 5) is 30.7. The van der Waals surface area contributed by atoms with Crippen LogP contribution < -0.4 is 0 Å². The number of hydrogen-bond acceptors (Lipinski definition) is 16. The van der Waals surface area contributed by atoms with Crippen molar-refractivity contribution < 1.29 is 63.2 Å². The fourth-order valence-electron chi connectivity index (χ4n) is 10.4. The van der Waals surface area contributed by atoms with Crippen molar-refractivity contribution in [2.75, 3.05) is 27.8 Å². The second kappa shape index (κ2) is 22.2. The molecule has 3 fully saturated rings. The summed E-state index contributed by atoms with van der Waals surface area (Å²) >= 11 is 0. The lowest BCUT2D eigenvalue weighted by atomic mass is 9.74. The fourth-order valence-corrected chi connectivity index (χ4v) is 10.4. The van der Waals surface area contributed by atoms with E-state index in [1.54, 1.807) is 53.1 Å². The van der Waals surface area contributed by atoms with Gasteiger partial charge in [0.15, 0.2) is 12.6 Å². The van der Waals surface area contributed by atoms with Gasteiger partial charge in [-0.1, -0.05) is 52.0 Å². The Bertz CT molecular complexity index is 1900. The zero-order valence-corrected chi connectivity index (χ0v) is 41.7. The van der Waals surface area contributed by atoms with Crippen molar-refractivity contribution in [1.29, 1.82) is 0 Å². The highest BCUT2D eigenvalue weighted by Gasteiger charge is 2.54. The number of cyclic esters (lactones) is 1. The van der Waals surface area contributed by atoms with Crippen molar-refractivity contribution in [1.82, 2.24) is 19.9 Å². The molecule has 0 spiro atoms. The number of rotatable bonds is 13. The van der Waals surface area contributed by atoms with E-state index in [0.29, 0.717) is 19.4 Å². The molecule has 18 atom stereocenters. The van der Waals surface area contributed by atoms with Gasteiger partial charge in [-0.15, -0.1) is 5.10 Å². The number of aryl methyl sites for hydroxylation is 1. The summed E-state index contributed by atoms with van der Waals surface area (Å²) in [7, 11) is 4.96. The number of nitrogens with zero attached hydrogens (tertiary/aromatic N) is 4. The molecule has 0 bridgehead atoms. The van der Waals surface area contributed by atoms with E-state index in [1.807, 2.05) is 39.2 Å². The lowest BCUT2D eigenvalue weighted by molar-refractivity contribution is -0.319. The molecule has 0 amide bonds. The van der Waals surface area contributed by atoms with Crippen molar-refractivity contribution in [2.45, 2.75) is 199 Å². The zero-order chi connectivity index (χ0) is 49.1. The summed E-state index contributed by atoms with van der Waals surface area (Å²) in [5, 5.41) is 55.5. The zero-order valence-electron chi connectivity index (χ0n) is 41.7. The van der Waals surface area contributed by atoms with Gasteiger partial charge in [0, 0.05) is 57.4 Å². The van der Waals surface area contributed by atoms with Gasteiger partial charge in [-0.2, -0.15) is 0 Å². The molecule has 3 aliphatic heterocycles. The van der Waals surface area contributed by atoms with E-state index in [0.717, 1.165) is 17.8 Å². The number of methoxy groups -OCH3 is 2. The third-order valence-corrected chi connectivity index (χ3v) is 15.0. The molecule has 3 aliphatic rings. The normalized spacial score (nSPS) is 41.1. The average molecular weight is 933 g/mol. The highest BCUT2D eigenvalue weighted by atomic mass is 16.7. The quantitative estimate of drug-likeness (QED) is 0.207. The highest BCUT2D eigenvalue weighted by Crippen LogP contribution is 2.42. The van der Waals surface area contributed by atoms with Crippen LogP contribution in [0.1, 0.15) is 113 Å². The van der Waals surface area contributed by atoms with E-state index in [2.05, 4.69) is 34.3 Å². The molecule has 5 rings (SSSR count).